The van der Waals surface area contributed by atoms with Gasteiger partial charge in [-0.1, -0.05) is 18.0 Å². The number of hydrogen-bond donors (Lipinski definition) is 0. The van der Waals surface area contributed by atoms with E-state index >= 15 is 0 Å². The van der Waals surface area contributed by atoms with Crippen LogP contribution in [0.4, 0.5) is 14.5 Å². The summed E-state index contributed by atoms with van der Waals surface area (Å²) in [5.74, 6) is -2.22. The van der Waals surface area contributed by atoms with Crippen molar-refractivity contribution in [3.8, 4) is 11.4 Å². The topological polar surface area (TPSA) is 64.4 Å². The molecule has 1 saturated carbocycles. The van der Waals surface area contributed by atoms with Crippen LogP contribution in [-0.4, -0.2) is 28.5 Å². The number of aryl methyl sites for hydroxylation is 1. The molecule has 1 fully saturated rings. The highest BCUT2D eigenvalue weighted by molar-refractivity contribution is 6.30. The molecular formula is C30H28ClF2N3O3. The highest BCUT2D eigenvalue weighted by atomic mass is 35.5. The molecule has 0 atom stereocenters. The molecule has 4 aromatic rings. The summed E-state index contributed by atoms with van der Waals surface area (Å²) in [6.07, 6.45) is 3.73. The van der Waals surface area contributed by atoms with Gasteiger partial charge in [0.1, 0.15) is 11.5 Å². The highest BCUT2D eigenvalue weighted by Crippen LogP contribution is 2.46. The van der Waals surface area contributed by atoms with Crippen LogP contribution >= 0.6 is 11.6 Å². The van der Waals surface area contributed by atoms with Crippen LogP contribution in [0.1, 0.15) is 54.9 Å². The zero-order valence-electron chi connectivity index (χ0n) is 21.9. The van der Waals surface area contributed by atoms with Gasteiger partial charge in [0.25, 0.3) is 0 Å². The molecule has 3 aromatic carbocycles. The Labute approximate surface area is 230 Å². The number of rotatable bonds is 5. The number of ether oxygens (including phenoxy) is 1. The van der Waals surface area contributed by atoms with Crippen LogP contribution in [-0.2, 0) is 15.2 Å². The smallest absolute Gasteiger partial charge is 0.337 e. The average Bonchev–Trinajstić information content (AvgIpc) is 3.28. The molecule has 6 nitrogen and oxygen atoms in total. The molecule has 0 radical (unpaired) electrons. The summed E-state index contributed by atoms with van der Waals surface area (Å²) in [7, 11) is 1.31. The average molecular weight is 552 g/mol. The monoisotopic (exact) mass is 551 g/mol. The lowest BCUT2D eigenvalue weighted by Crippen LogP contribution is -2.54. The Hall–Kier alpha value is -3.78. The minimum Gasteiger partial charge on any atom is -0.465 e. The van der Waals surface area contributed by atoms with E-state index < -0.39 is 23.3 Å². The van der Waals surface area contributed by atoms with Crippen molar-refractivity contribution in [2.75, 3.05) is 12.0 Å². The maximum Gasteiger partial charge on any atom is 0.337 e. The number of esters is 1. The van der Waals surface area contributed by atoms with Crippen LogP contribution < -0.4 is 4.90 Å². The van der Waals surface area contributed by atoms with Crippen molar-refractivity contribution < 1.29 is 23.1 Å². The Morgan fingerprint density at radius 1 is 1.00 bits per heavy atom. The third-order valence-electron chi connectivity index (χ3n) is 7.46. The van der Waals surface area contributed by atoms with Gasteiger partial charge in [-0.2, -0.15) is 0 Å². The molecule has 1 aliphatic carbocycles. The van der Waals surface area contributed by atoms with Crippen molar-refractivity contribution in [3.05, 3.63) is 82.4 Å². The molecule has 5 rings (SSSR count). The van der Waals surface area contributed by atoms with Gasteiger partial charge in [-0.15, -0.1) is 0 Å². The standard InChI is InChI=1S/C30H28ClF2N3O3/c1-18-15-21(29(38)39-3)9-12-26(18)35(19(2)37)30(13-5-4-6-14-30)36-27-17-24(33)23(32)16-25(27)34-28(36)20-7-10-22(31)11-8-20/h7-12,15-17H,4-6,13-14H2,1-3H3. The Kier molecular flexibility index (Phi) is 7.16. The number of methoxy groups -OCH3 is 1. The molecule has 1 aromatic heterocycles. The first-order valence-electron chi connectivity index (χ1n) is 12.8. The summed E-state index contributed by atoms with van der Waals surface area (Å²) in [5.41, 5.74) is 2.07. The van der Waals surface area contributed by atoms with Crippen molar-refractivity contribution in [3.63, 3.8) is 0 Å². The van der Waals surface area contributed by atoms with Gasteiger partial charge in [0.05, 0.1) is 23.7 Å². The molecule has 39 heavy (non-hydrogen) atoms. The van der Waals surface area contributed by atoms with E-state index in [1.165, 1.54) is 14.0 Å². The molecule has 1 aliphatic rings. The van der Waals surface area contributed by atoms with Gasteiger partial charge in [0.15, 0.2) is 11.6 Å². The number of hydrogen-bond acceptors (Lipinski definition) is 4. The van der Waals surface area contributed by atoms with E-state index in [0.29, 0.717) is 51.6 Å². The third-order valence-corrected chi connectivity index (χ3v) is 7.71. The fraction of sp³-hybridized carbons (Fsp3) is 0.300. The second kappa shape index (κ2) is 10.4. The second-order valence-electron chi connectivity index (χ2n) is 9.92. The summed E-state index contributed by atoms with van der Waals surface area (Å²) in [6, 6.07) is 14.4. The molecule has 0 unspecified atom stereocenters. The lowest BCUT2D eigenvalue weighted by atomic mass is 9.85. The van der Waals surface area contributed by atoms with Gasteiger partial charge in [0.2, 0.25) is 5.91 Å². The number of carbonyl (C=O) groups is 2. The predicted molar refractivity (Wildman–Crippen MR) is 147 cm³/mol. The maximum absolute atomic E-state index is 14.7. The van der Waals surface area contributed by atoms with E-state index in [4.69, 9.17) is 21.3 Å². The first-order valence-corrected chi connectivity index (χ1v) is 13.2. The minimum atomic E-state index is -0.995. The van der Waals surface area contributed by atoms with Crippen molar-refractivity contribution in [2.24, 2.45) is 0 Å². The summed E-state index contributed by atoms with van der Waals surface area (Å²) in [4.78, 5) is 32.2. The molecule has 9 heteroatoms. The molecule has 0 spiro atoms. The Morgan fingerprint density at radius 3 is 2.28 bits per heavy atom. The molecule has 0 aliphatic heterocycles. The highest BCUT2D eigenvalue weighted by Gasteiger charge is 2.45. The van der Waals surface area contributed by atoms with Crippen molar-refractivity contribution in [1.82, 2.24) is 9.55 Å². The number of aromatic nitrogens is 2. The quantitative estimate of drug-likeness (QED) is 0.242. The zero-order chi connectivity index (χ0) is 27.9. The first kappa shape index (κ1) is 26.8. The molecule has 0 N–H and O–H groups in total. The van der Waals surface area contributed by atoms with Crippen LogP contribution in [0.5, 0.6) is 0 Å². The van der Waals surface area contributed by atoms with Crippen LogP contribution in [0.2, 0.25) is 5.02 Å². The number of benzene rings is 3. The van der Waals surface area contributed by atoms with E-state index in [-0.39, 0.29) is 11.4 Å². The lowest BCUT2D eigenvalue weighted by molar-refractivity contribution is -0.119. The van der Waals surface area contributed by atoms with Crippen molar-refractivity contribution in [1.29, 1.82) is 0 Å². The number of fused-ring (bicyclic) bond motifs is 1. The number of nitrogens with zero attached hydrogens (tertiary/aromatic N) is 3. The number of carbonyl (C=O) groups excluding carboxylic acids is 2. The fourth-order valence-electron chi connectivity index (χ4n) is 5.79. The lowest BCUT2D eigenvalue weighted by Gasteiger charge is -2.48. The van der Waals surface area contributed by atoms with Crippen LogP contribution in [0.15, 0.2) is 54.6 Å². The predicted octanol–water partition coefficient (Wildman–Crippen LogP) is 7.40. The summed E-state index contributed by atoms with van der Waals surface area (Å²) in [6.45, 7) is 3.32. The van der Waals surface area contributed by atoms with Crippen LogP contribution in [0.25, 0.3) is 22.4 Å². The molecular weight excluding hydrogens is 524 g/mol. The molecule has 0 saturated heterocycles. The third kappa shape index (κ3) is 4.67. The van der Waals surface area contributed by atoms with E-state index in [0.717, 1.165) is 31.4 Å². The molecule has 1 amide bonds. The number of amides is 1. The van der Waals surface area contributed by atoms with Crippen LogP contribution in [0.3, 0.4) is 0 Å². The van der Waals surface area contributed by atoms with Gasteiger partial charge in [-0.3, -0.25) is 14.3 Å². The first-order chi connectivity index (χ1) is 18.7. The normalized spacial score (nSPS) is 14.8. The van der Waals surface area contributed by atoms with Crippen molar-refractivity contribution in [2.45, 2.75) is 51.6 Å². The van der Waals surface area contributed by atoms with Gasteiger partial charge >= 0.3 is 5.97 Å². The van der Waals surface area contributed by atoms with Gasteiger partial charge < -0.3 is 4.74 Å². The van der Waals surface area contributed by atoms with Gasteiger partial charge in [-0.25, -0.2) is 18.6 Å². The molecule has 0 bridgehead atoms. The van der Waals surface area contributed by atoms with Gasteiger partial charge in [-0.05, 0) is 80.6 Å². The SMILES string of the molecule is COC(=O)c1ccc(N(C(C)=O)C2(n3c(-c4ccc(Cl)cc4)nc4cc(F)c(F)cc43)CCCCC2)c(C)c1. The number of imidazole rings is 1. The van der Waals surface area contributed by atoms with Gasteiger partial charge in [0, 0.05) is 35.3 Å². The van der Waals surface area contributed by atoms with Crippen molar-refractivity contribution >= 4 is 40.2 Å². The summed E-state index contributed by atoms with van der Waals surface area (Å²) < 4.78 is 35.9. The second-order valence-corrected chi connectivity index (χ2v) is 10.4. The number of anilines is 1. The van der Waals surface area contributed by atoms with E-state index in [1.54, 1.807) is 47.4 Å². The summed E-state index contributed by atoms with van der Waals surface area (Å²) >= 11 is 6.16. The van der Waals surface area contributed by atoms with Crippen LogP contribution in [0, 0.1) is 18.6 Å². The minimum absolute atomic E-state index is 0.225. The van der Waals surface area contributed by atoms with E-state index in [1.807, 2.05) is 11.5 Å². The molecule has 202 valence electrons. The Balaban J connectivity index is 1.83. The Morgan fingerprint density at radius 2 is 1.67 bits per heavy atom. The van der Waals surface area contributed by atoms with E-state index in [9.17, 15) is 18.4 Å². The van der Waals surface area contributed by atoms with E-state index in [2.05, 4.69) is 0 Å². The maximum atomic E-state index is 14.7. The summed E-state index contributed by atoms with van der Waals surface area (Å²) in [5, 5.41) is 0.539. The largest absolute Gasteiger partial charge is 0.465 e. The number of halogens is 3. The fourth-order valence-corrected chi connectivity index (χ4v) is 5.92. The zero-order valence-corrected chi connectivity index (χ0v) is 22.7. The Bertz CT molecular complexity index is 1580. The molecule has 1 heterocycles.